The lowest BCUT2D eigenvalue weighted by Gasteiger charge is -2.07. The van der Waals surface area contributed by atoms with Crippen LogP contribution in [0.5, 0.6) is 0 Å². The summed E-state index contributed by atoms with van der Waals surface area (Å²) in [6.07, 6.45) is 1.62. The van der Waals surface area contributed by atoms with Crippen LogP contribution in [0.3, 0.4) is 0 Å². The van der Waals surface area contributed by atoms with E-state index in [0.29, 0.717) is 11.6 Å². The minimum absolute atomic E-state index is 0.560. The lowest BCUT2D eigenvalue weighted by molar-refractivity contribution is 0.577. The van der Waals surface area contributed by atoms with Gasteiger partial charge in [0.15, 0.2) is 11.6 Å². The van der Waals surface area contributed by atoms with Gasteiger partial charge in [-0.05, 0) is 42.5 Å². The van der Waals surface area contributed by atoms with Gasteiger partial charge in [-0.25, -0.2) is 9.97 Å². The Hall–Kier alpha value is -3.58. The molecule has 2 heterocycles. The molecule has 4 rings (SSSR count). The number of rotatable bonds is 2. The number of anilines is 1. The minimum atomic E-state index is 0.560. The fourth-order valence-electron chi connectivity index (χ4n) is 2.58. The van der Waals surface area contributed by atoms with Crippen LogP contribution in [0.4, 0.5) is 5.82 Å². The van der Waals surface area contributed by atoms with Crippen LogP contribution in [-0.4, -0.2) is 17.0 Å². The first-order chi connectivity index (χ1) is 12.3. The van der Waals surface area contributed by atoms with Crippen LogP contribution in [-0.2, 0) is 0 Å². The molecule has 0 aliphatic carbocycles. The van der Waals surface area contributed by atoms with E-state index >= 15 is 0 Å². The average molecular weight is 325 g/mol. The number of benzene rings is 2. The van der Waals surface area contributed by atoms with Crippen LogP contribution in [0.15, 0.2) is 71.3 Å². The molecule has 0 amide bonds. The number of furan rings is 1. The van der Waals surface area contributed by atoms with Crippen molar-refractivity contribution in [2.45, 2.75) is 0 Å². The molecular weight excluding hydrogens is 310 g/mol. The molecule has 0 unspecified atom stereocenters. The Morgan fingerprint density at radius 2 is 1.72 bits per heavy atom. The summed E-state index contributed by atoms with van der Waals surface area (Å²) in [5, 5.41) is 4.06. The fourth-order valence-corrected chi connectivity index (χ4v) is 2.58. The molecule has 0 aliphatic heterocycles. The number of hydrogen-bond donors (Lipinski definition) is 1. The number of nitrogens with zero attached hydrogens (tertiary/aromatic N) is 2. The van der Waals surface area contributed by atoms with Crippen molar-refractivity contribution in [3.63, 3.8) is 0 Å². The highest BCUT2D eigenvalue weighted by Crippen LogP contribution is 2.25. The van der Waals surface area contributed by atoms with Gasteiger partial charge < -0.3 is 9.73 Å². The highest BCUT2D eigenvalue weighted by molar-refractivity contribution is 5.91. The molecular formula is C21H15N3O. The van der Waals surface area contributed by atoms with Gasteiger partial charge in [0.25, 0.3) is 0 Å². The second-order valence-corrected chi connectivity index (χ2v) is 5.47. The van der Waals surface area contributed by atoms with Gasteiger partial charge in [0.2, 0.25) is 0 Å². The molecule has 2 aromatic heterocycles. The summed E-state index contributed by atoms with van der Waals surface area (Å²) in [5.41, 5.74) is 2.75. The molecule has 0 bridgehead atoms. The Balaban J connectivity index is 1.78. The van der Waals surface area contributed by atoms with Crippen molar-refractivity contribution in [3.05, 3.63) is 78.1 Å². The number of fused-ring (bicyclic) bond motifs is 1. The maximum Gasteiger partial charge on any atom is 0.198 e. The molecule has 4 aromatic rings. The van der Waals surface area contributed by atoms with Crippen molar-refractivity contribution in [1.82, 2.24) is 9.97 Å². The zero-order chi connectivity index (χ0) is 17.1. The monoisotopic (exact) mass is 325 g/mol. The summed E-state index contributed by atoms with van der Waals surface area (Å²) >= 11 is 0. The van der Waals surface area contributed by atoms with Gasteiger partial charge in [-0.1, -0.05) is 30.0 Å². The molecule has 4 nitrogen and oxygen atoms in total. The van der Waals surface area contributed by atoms with Gasteiger partial charge in [-0.3, -0.25) is 0 Å². The lowest BCUT2D eigenvalue weighted by Crippen LogP contribution is -1.98. The second-order valence-electron chi connectivity index (χ2n) is 5.47. The van der Waals surface area contributed by atoms with Crippen molar-refractivity contribution in [2.75, 3.05) is 12.4 Å². The standard InChI is InChI=1S/C21H15N3O/c1-22-20-17-14-16(10-9-15-6-3-2-4-7-15)11-12-18(17)23-21(24-20)19-8-5-13-25-19/h2-8,11-14H,1H3,(H,22,23,24). The number of aromatic nitrogens is 2. The van der Waals surface area contributed by atoms with Crippen molar-refractivity contribution in [2.24, 2.45) is 0 Å². The summed E-state index contributed by atoms with van der Waals surface area (Å²) in [7, 11) is 1.84. The van der Waals surface area contributed by atoms with E-state index in [-0.39, 0.29) is 0 Å². The predicted octanol–water partition coefficient (Wildman–Crippen LogP) is 4.33. The zero-order valence-electron chi connectivity index (χ0n) is 13.7. The summed E-state index contributed by atoms with van der Waals surface area (Å²) in [6, 6.07) is 19.5. The van der Waals surface area contributed by atoms with Crippen molar-refractivity contribution in [3.8, 4) is 23.4 Å². The number of nitrogens with one attached hydrogen (secondary N) is 1. The van der Waals surface area contributed by atoms with Gasteiger partial charge in [-0.15, -0.1) is 0 Å². The SMILES string of the molecule is CNc1nc(-c2ccco2)nc2ccc(C#Cc3ccccc3)cc12. The topological polar surface area (TPSA) is 51.0 Å². The Morgan fingerprint density at radius 3 is 2.48 bits per heavy atom. The van der Waals surface area contributed by atoms with Crippen molar-refractivity contribution >= 4 is 16.7 Å². The Labute approximate surface area is 145 Å². The van der Waals surface area contributed by atoms with Crippen molar-refractivity contribution in [1.29, 1.82) is 0 Å². The summed E-state index contributed by atoms with van der Waals surface area (Å²) in [5.74, 6) is 8.32. The van der Waals surface area contributed by atoms with Gasteiger partial charge in [0, 0.05) is 23.6 Å². The van der Waals surface area contributed by atoms with Crippen LogP contribution in [0.2, 0.25) is 0 Å². The molecule has 1 N–H and O–H groups in total. The van der Waals surface area contributed by atoms with E-state index in [0.717, 1.165) is 27.8 Å². The summed E-state index contributed by atoms with van der Waals surface area (Å²) < 4.78 is 5.40. The highest BCUT2D eigenvalue weighted by atomic mass is 16.3. The maximum atomic E-state index is 5.40. The first-order valence-electron chi connectivity index (χ1n) is 7.94. The van der Waals surface area contributed by atoms with E-state index in [1.807, 2.05) is 67.7 Å². The van der Waals surface area contributed by atoms with Crippen LogP contribution in [0.1, 0.15) is 11.1 Å². The zero-order valence-corrected chi connectivity index (χ0v) is 13.7. The van der Waals surface area contributed by atoms with Crippen LogP contribution in [0.25, 0.3) is 22.5 Å². The van der Waals surface area contributed by atoms with E-state index in [1.165, 1.54) is 0 Å². The first kappa shape index (κ1) is 15.0. The maximum absolute atomic E-state index is 5.40. The van der Waals surface area contributed by atoms with Crippen LogP contribution < -0.4 is 5.32 Å². The Bertz CT molecular complexity index is 1070. The van der Waals surface area contributed by atoms with Gasteiger partial charge in [0.05, 0.1) is 11.8 Å². The molecule has 4 heteroatoms. The van der Waals surface area contributed by atoms with Gasteiger partial charge in [-0.2, -0.15) is 0 Å². The lowest BCUT2D eigenvalue weighted by atomic mass is 10.1. The second kappa shape index (κ2) is 6.50. The summed E-state index contributed by atoms with van der Waals surface area (Å²) in [4.78, 5) is 9.15. The largest absolute Gasteiger partial charge is 0.461 e. The van der Waals surface area contributed by atoms with Crippen molar-refractivity contribution < 1.29 is 4.42 Å². The normalized spacial score (nSPS) is 10.3. The van der Waals surface area contributed by atoms with E-state index in [1.54, 1.807) is 6.26 Å². The van der Waals surface area contributed by atoms with Gasteiger partial charge >= 0.3 is 0 Å². The molecule has 120 valence electrons. The molecule has 0 aliphatic rings. The third-order valence-electron chi connectivity index (χ3n) is 3.80. The molecule has 0 saturated carbocycles. The predicted molar refractivity (Wildman–Crippen MR) is 99.2 cm³/mol. The summed E-state index contributed by atoms with van der Waals surface area (Å²) in [6.45, 7) is 0. The van der Waals surface area contributed by atoms with Gasteiger partial charge in [0.1, 0.15) is 5.82 Å². The minimum Gasteiger partial charge on any atom is -0.461 e. The van der Waals surface area contributed by atoms with Crippen LogP contribution in [0, 0.1) is 11.8 Å². The number of hydrogen-bond acceptors (Lipinski definition) is 4. The Morgan fingerprint density at radius 1 is 0.880 bits per heavy atom. The third-order valence-corrected chi connectivity index (χ3v) is 3.80. The molecule has 0 spiro atoms. The fraction of sp³-hybridized carbons (Fsp3) is 0.0476. The average Bonchev–Trinajstić information content (AvgIpc) is 3.21. The molecule has 2 aromatic carbocycles. The van der Waals surface area contributed by atoms with E-state index in [2.05, 4.69) is 27.1 Å². The molecule has 0 saturated heterocycles. The quantitative estimate of drug-likeness (QED) is 0.557. The van der Waals surface area contributed by atoms with Crippen LogP contribution >= 0.6 is 0 Å². The molecule has 0 atom stereocenters. The van der Waals surface area contributed by atoms with E-state index < -0.39 is 0 Å². The Kier molecular flexibility index (Phi) is 3.89. The van der Waals surface area contributed by atoms with E-state index in [9.17, 15) is 0 Å². The third kappa shape index (κ3) is 3.08. The first-order valence-corrected chi connectivity index (χ1v) is 7.94. The highest BCUT2D eigenvalue weighted by Gasteiger charge is 2.10. The molecule has 25 heavy (non-hydrogen) atoms. The molecule has 0 radical (unpaired) electrons. The smallest absolute Gasteiger partial charge is 0.198 e. The van der Waals surface area contributed by atoms with E-state index in [4.69, 9.17) is 4.42 Å². The molecule has 0 fully saturated rings.